The fourth-order valence-electron chi connectivity index (χ4n) is 2.37. The van der Waals surface area contributed by atoms with Crippen LogP contribution in [-0.4, -0.2) is 24.8 Å². The highest BCUT2D eigenvalue weighted by Gasteiger charge is 2.25. The van der Waals surface area contributed by atoms with Crippen LogP contribution in [0, 0.1) is 11.3 Å². The minimum Gasteiger partial charge on any atom is -0.377 e. The van der Waals surface area contributed by atoms with E-state index in [1.165, 1.54) is 5.56 Å². The Morgan fingerprint density at radius 1 is 1.42 bits per heavy atom. The molecule has 3 heteroatoms. The highest BCUT2D eigenvalue weighted by atomic mass is 16.5. The van der Waals surface area contributed by atoms with Crippen molar-refractivity contribution in [1.82, 2.24) is 5.32 Å². The van der Waals surface area contributed by atoms with Gasteiger partial charge in [-0.05, 0) is 38.2 Å². The van der Waals surface area contributed by atoms with Crippen molar-refractivity contribution < 1.29 is 4.74 Å². The van der Waals surface area contributed by atoms with Gasteiger partial charge in [-0.25, -0.2) is 0 Å². The van der Waals surface area contributed by atoms with E-state index in [2.05, 4.69) is 23.5 Å². The van der Waals surface area contributed by atoms with E-state index in [-0.39, 0.29) is 6.10 Å². The van der Waals surface area contributed by atoms with Gasteiger partial charge < -0.3 is 4.74 Å². The first kappa shape index (κ1) is 14.0. The average Bonchev–Trinajstić information content (AvgIpc) is 2.98. The fraction of sp³-hybridized carbons (Fsp3) is 0.562. The molecule has 102 valence electrons. The Kier molecular flexibility index (Phi) is 4.95. The third-order valence-electron chi connectivity index (χ3n) is 3.75. The van der Waals surface area contributed by atoms with E-state index in [1.807, 2.05) is 25.1 Å². The van der Waals surface area contributed by atoms with Crippen LogP contribution in [-0.2, 0) is 11.2 Å². The van der Waals surface area contributed by atoms with Crippen LogP contribution in [0.3, 0.4) is 0 Å². The molecule has 1 aliphatic heterocycles. The smallest absolute Gasteiger partial charge is 0.104 e. The Balaban J connectivity index is 1.81. The predicted octanol–water partition coefficient (Wildman–Crippen LogP) is 2.67. The summed E-state index contributed by atoms with van der Waals surface area (Å²) in [4.78, 5) is 0. The van der Waals surface area contributed by atoms with Crippen molar-refractivity contribution in [2.45, 2.75) is 44.2 Å². The summed E-state index contributed by atoms with van der Waals surface area (Å²) in [6, 6.07) is 12.7. The van der Waals surface area contributed by atoms with Crippen LogP contribution in [0.5, 0.6) is 0 Å². The number of benzene rings is 1. The van der Waals surface area contributed by atoms with Crippen LogP contribution in [0.25, 0.3) is 0 Å². The van der Waals surface area contributed by atoms with Gasteiger partial charge in [-0.2, -0.15) is 5.26 Å². The third kappa shape index (κ3) is 4.34. The van der Waals surface area contributed by atoms with Gasteiger partial charge >= 0.3 is 0 Å². The topological polar surface area (TPSA) is 45.0 Å². The molecule has 1 saturated heterocycles. The minimum atomic E-state index is -0.470. The van der Waals surface area contributed by atoms with Gasteiger partial charge in [0, 0.05) is 13.2 Å². The maximum absolute atomic E-state index is 9.38. The highest BCUT2D eigenvalue weighted by molar-refractivity contribution is 5.16. The quantitative estimate of drug-likeness (QED) is 0.853. The molecular formula is C16H22N2O. The molecule has 1 fully saturated rings. The number of nitriles is 1. The van der Waals surface area contributed by atoms with Gasteiger partial charge in [-0.3, -0.25) is 5.32 Å². The first-order valence-electron chi connectivity index (χ1n) is 7.04. The molecule has 1 aromatic rings. The molecule has 1 aliphatic rings. The molecule has 1 heterocycles. The fourth-order valence-corrected chi connectivity index (χ4v) is 2.37. The van der Waals surface area contributed by atoms with E-state index in [0.29, 0.717) is 0 Å². The summed E-state index contributed by atoms with van der Waals surface area (Å²) in [7, 11) is 0. The SMILES string of the molecule is CC(C#N)(CCc1ccccc1)NCC1CCCO1. The van der Waals surface area contributed by atoms with Crippen LogP contribution in [0.15, 0.2) is 30.3 Å². The zero-order valence-corrected chi connectivity index (χ0v) is 11.6. The Bertz CT molecular complexity index is 420. The molecule has 2 unspecified atom stereocenters. The van der Waals surface area contributed by atoms with Crippen LogP contribution in [0.4, 0.5) is 0 Å². The summed E-state index contributed by atoms with van der Waals surface area (Å²) < 4.78 is 5.58. The summed E-state index contributed by atoms with van der Waals surface area (Å²) in [6.45, 7) is 3.61. The first-order chi connectivity index (χ1) is 9.22. The number of hydrogen-bond acceptors (Lipinski definition) is 3. The number of hydrogen-bond donors (Lipinski definition) is 1. The van der Waals surface area contributed by atoms with Gasteiger partial charge in [-0.15, -0.1) is 0 Å². The van der Waals surface area contributed by atoms with E-state index in [0.717, 1.165) is 38.8 Å². The zero-order chi connectivity index (χ0) is 13.6. The number of nitrogens with zero attached hydrogens (tertiary/aromatic N) is 1. The third-order valence-corrected chi connectivity index (χ3v) is 3.75. The Morgan fingerprint density at radius 2 is 2.21 bits per heavy atom. The minimum absolute atomic E-state index is 0.282. The van der Waals surface area contributed by atoms with E-state index >= 15 is 0 Å². The van der Waals surface area contributed by atoms with E-state index in [9.17, 15) is 5.26 Å². The summed E-state index contributed by atoms with van der Waals surface area (Å²) in [5.74, 6) is 0. The Morgan fingerprint density at radius 3 is 2.84 bits per heavy atom. The first-order valence-corrected chi connectivity index (χ1v) is 7.04. The van der Waals surface area contributed by atoms with Gasteiger partial charge in [0.25, 0.3) is 0 Å². The highest BCUT2D eigenvalue weighted by Crippen LogP contribution is 2.16. The number of rotatable bonds is 6. The number of nitrogens with one attached hydrogen (secondary N) is 1. The molecule has 19 heavy (non-hydrogen) atoms. The molecule has 0 bridgehead atoms. The summed E-state index contributed by atoms with van der Waals surface area (Å²) >= 11 is 0. The molecule has 2 rings (SSSR count). The summed E-state index contributed by atoms with van der Waals surface area (Å²) in [5.41, 5.74) is 0.810. The molecular weight excluding hydrogens is 236 g/mol. The van der Waals surface area contributed by atoms with Gasteiger partial charge in [-0.1, -0.05) is 30.3 Å². The van der Waals surface area contributed by atoms with Gasteiger partial charge in [0.15, 0.2) is 0 Å². The molecule has 0 amide bonds. The summed E-state index contributed by atoms with van der Waals surface area (Å²) in [5, 5.41) is 12.8. The molecule has 2 atom stereocenters. The van der Waals surface area contributed by atoms with E-state index in [4.69, 9.17) is 4.74 Å². The molecule has 0 aromatic heterocycles. The molecule has 0 spiro atoms. The van der Waals surface area contributed by atoms with Crippen molar-refractivity contribution in [1.29, 1.82) is 5.26 Å². The lowest BCUT2D eigenvalue weighted by Gasteiger charge is -2.25. The van der Waals surface area contributed by atoms with Crippen LogP contribution < -0.4 is 5.32 Å². The Hall–Kier alpha value is -1.37. The maximum atomic E-state index is 9.38. The van der Waals surface area contributed by atoms with Crippen molar-refractivity contribution >= 4 is 0 Å². The monoisotopic (exact) mass is 258 g/mol. The molecule has 0 aliphatic carbocycles. The normalized spacial score (nSPS) is 21.8. The lowest BCUT2D eigenvalue weighted by atomic mass is 9.94. The molecule has 3 nitrogen and oxygen atoms in total. The predicted molar refractivity (Wildman–Crippen MR) is 75.8 cm³/mol. The summed E-state index contributed by atoms with van der Waals surface area (Å²) in [6.07, 6.45) is 4.26. The van der Waals surface area contributed by atoms with Crippen LogP contribution in [0.2, 0.25) is 0 Å². The van der Waals surface area contributed by atoms with Crippen LogP contribution >= 0.6 is 0 Å². The largest absolute Gasteiger partial charge is 0.377 e. The standard InChI is InChI=1S/C16H22N2O/c1-16(13-17,18-12-15-8-5-11-19-15)10-9-14-6-3-2-4-7-14/h2-4,6-7,15,18H,5,8-12H2,1H3. The average molecular weight is 258 g/mol. The van der Waals surface area contributed by atoms with Gasteiger partial charge in [0.2, 0.25) is 0 Å². The lowest BCUT2D eigenvalue weighted by Crippen LogP contribution is -2.45. The van der Waals surface area contributed by atoms with Crippen LogP contribution in [0.1, 0.15) is 31.7 Å². The Labute approximate surface area is 115 Å². The zero-order valence-electron chi connectivity index (χ0n) is 11.6. The van der Waals surface area contributed by atoms with Crippen molar-refractivity contribution in [2.75, 3.05) is 13.2 Å². The maximum Gasteiger partial charge on any atom is 0.104 e. The van der Waals surface area contributed by atoms with Crippen molar-refractivity contribution in [2.24, 2.45) is 0 Å². The lowest BCUT2D eigenvalue weighted by molar-refractivity contribution is 0.104. The number of ether oxygens (including phenoxy) is 1. The second-order valence-electron chi connectivity index (χ2n) is 5.45. The van der Waals surface area contributed by atoms with E-state index in [1.54, 1.807) is 0 Å². The van der Waals surface area contributed by atoms with Crippen molar-refractivity contribution in [3.05, 3.63) is 35.9 Å². The molecule has 1 N–H and O–H groups in total. The van der Waals surface area contributed by atoms with E-state index < -0.39 is 5.54 Å². The molecule has 0 saturated carbocycles. The second kappa shape index (κ2) is 6.70. The number of aryl methyl sites for hydroxylation is 1. The van der Waals surface area contributed by atoms with Gasteiger partial charge in [0.05, 0.1) is 12.2 Å². The molecule has 0 radical (unpaired) electrons. The van der Waals surface area contributed by atoms with Crippen molar-refractivity contribution in [3.63, 3.8) is 0 Å². The van der Waals surface area contributed by atoms with Gasteiger partial charge in [0.1, 0.15) is 5.54 Å². The molecule has 1 aromatic carbocycles. The second-order valence-corrected chi connectivity index (χ2v) is 5.45. The van der Waals surface area contributed by atoms with Crippen molar-refractivity contribution in [3.8, 4) is 6.07 Å².